The first kappa shape index (κ1) is 68.6. The number of aryl methyl sites for hydroxylation is 1. The Morgan fingerprint density at radius 2 is 0.987 bits per heavy atom. The highest BCUT2D eigenvalue weighted by Crippen LogP contribution is 2.14. The van der Waals surface area contributed by atoms with Crippen LogP contribution in [0.2, 0.25) is 0 Å². The monoisotopic (exact) mass is 1120 g/mol. The van der Waals surface area contributed by atoms with E-state index in [-0.39, 0.29) is 96.8 Å². The van der Waals surface area contributed by atoms with Gasteiger partial charge in [-0.3, -0.25) is 43.4 Å². The molecule has 4 atom stereocenters. The molecule has 29 heteroatoms. The highest BCUT2D eigenvalue weighted by atomic mass is 32.2. The number of unbranched alkanes of at least 4 members (excludes halogenated alkanes) is 13. The number of carbonyl (C=O) groups is 9. The maximum atomic E-state index is 12.5. The topological polar surface area (TPSA) is 406 Å². The van der Waals surface area contributed by atoms with E-state index in [2.05, 4.69) is 66.4 Å². The average Bonchev–Trinajstić information content (AvgIpc) is 3.89. The molecule has 1 rings (SSSR count). The van der Waals surface area contributed by atoms with Gasteiger partial charge < -0.3 is 51.4 Å². The van der Waals surface area contributed by atoms with Gasteiger partial charge in [0.1, 0.15) is 24.7 Å². The molecule has 0 aliphatic heterocycles. The number of ether oxygens (including phenoxy) is 2. The van der Waals surface area contributed by atoms with E-state index < -0.39 is 87.8 Å². The number of rotatable bonds is 50. The van der Waals surface area contributed by atoms with Crippen LogP contribution >= 0.6 is 9.39 Å². The van der Waals surface area contributed by atoms with Gasteiger partial charge in [0, 0.05) is 58.2 Å². The zero-order valence-electron chi connectivity index (χ0n) is 43.7. The molecule has 0 radical (unpaired) electrons. The van der Waals surface area contributed by atoms with Crippen molar-refractivity contribution in [1.82, 2.24) is 57.0 Å². The summed E-state index contributed by atoms with van der Waals surface area (Å²) in [7, 11) is -1.76. The molecule has 1 heterocycles. The molecular weight excluding hydrogens is 1040 g/mol. The Morgan fingerprint density at radius 1 is 0.500 bits per heavy atom. The number of hydrogen-bond acceptors (Lipinski definition) is 17. The van der Waals surface area contributed by atoms with Gasteiger partial charge in [-0.2, -0.15) is 5.21 Å². The summed E-state index contributed by atoms with van der Waals surface area (Å²) in [6.07, 6.45) is 15.0. The van der Waals surface area contributed by atoms with Gasteiger partial charge in [-0.25, -0.2) is 18.0 Å². The highest BCUT2D eigenvalue weighted by molar-refractivity contribution is 7.90. The Hall–Kier alpha value is -5.44. The summed E-state index contributed by atoms with van der Waals surface area (Å²) in [5.74, 6) is -6.89. The fourth-order valence-corrected chi connectivity index (χ4v) is 8.81. The van der Waals surface area contributed by atoms with Crippen LogP contribution in [-0.4, -0.2) is 168 Å². The van der Waals surface area contributed by atoms with E-state index in [0.717, 1.165) is 44.3 Å². The third kappa shape index (κ3) is 39.0. The van der Waals surface area contributed by atoms with Crippen molar-refractivity contribution in [3.8, 4) is 0 Å². The fourth-order valence-electron chi connectivity index (χ4n) is 7.43. The predicted octanol–water partition coefficient (Wildman–Crippen LogP) is 1.29. The standard InChI is InChI=1S/C47H84N11O16PS/c59-39(22-17-33-76(71,72)56-43(63)20-13-11-9-7-5-3-1-2-4-6-8-10-12-19-38-53-57-58-54-38)48-28-16-21-41(61)51-36(46(67)68)24-26-42(62)52-35(45(65)66)23-25-40(60)50-29-30-73-31-32-74-34-44(64)49-27-15-14-18-37(55-75)47(69)70/h35-37,55H,1-34,75H2,(H,48,59)(H,49,64)(H,50,60)(H,51,61)(H,52,62)(H,56,63)(H,65,66)(H,67,68)(H,69,70)(H,53,54,57,58)/t35?,36?,37-/m0/s1. The number of sulfonamides is 1. The smallest absolute Gasteiger partial charge is 0.326 e. The number of aromatic nitrogens is 4. The summed E-state index contributed by atoms with van der Waals surface area (Å²) in [5, 5.41) is 57.0. The molecule has 0 fully saturated rings. The molecule has 0 bridgehead atoms. The van der Waals surface area contributed by atoms with Gasteiger partial charge in [-0.15, -0.1) is 10.2 Å². The summed E-state index contributed by atoms with van der Waals surface area (Å²) in [5.41, 5.74) is 0. The van der Waals surface area contributed by atoms with Crippen molar-refractivity contribution in [1.29, 1.82) is 0 Å². The molecule has 27 nitrogen and oxygen atoms in total. The lowest BCUT2D eigenvalue weighted by atomic mass is 10.0. The summed E-state index contributed by atoms with van der Waals surface area (Å²) in [6, 6.07) is -3.62. The summed E-state index contributed by atoms with van der Waals surface area (Å²) in [6.45, 7) is 0.615. The number of aliphatic carboxylic acids is 3. The van der Waals surface area contributed by atoms with Crippen molar-refractivity contribution in [2.75, 3.05) is 51.8 Å². The lowest BCUT2D eigenvalue weighted by Crippen LogP contribution is -2.44. The molecule has 0 aromatic carbocycles. The van der Waals surface area contributed by atoms with Gasteiger partial charge in [0.15, 0.2) is 5.82 Å². The van der Waals surface area contributed by atoms with Crippen LogP contribution in [0, 0.1) is 0 Å². The first-order chi connectivity index (χ1) is 36.4. The Bertz CT molecular complexity index is 1970. The Labute approximate surface area is 447 Å². The molecule has 6 amide bonds. The number of carboxylic acid groups (broad SMARTS) is 3. The molecule has 0 saturated heterocycles. The quantitative estimate of drug-likeness (QED) is 0.0323. The van der Waals surface area contributed by atoms with Crippen LogP contribution in [0.15, 0.2) is 0 Å². The van der Waals surface area contributed by atoms with E-state index in [0.29, 0.717) is 32.2 Å². The molecular formula is C47H84N11O16PS. The highest BCUT2D eigenvalue weighted by Gasteiger charge is 2.25. The van der Waals surface area contributed by atoms with Crippen LogP contribution in [0.1, 0.15) is 166 Å². The third-order valence-corrected chi connectivity index (χ3v) is 13.5. The number of H-pyrrole nitrogens is 1. The number of aromatic amines is 1. The van der Waals surface area contributed by atoms with Crippen molar-refractivity contribution in [3.63, 3.8) is 0 Å². The number of hydrogen-bond donors (Lipinski definition) is 11. The average molecular weight is 1120 g/mol. The minimum absolute atomic E-state index is 0.0311. The maximum absolute atomic E-state index is 12.5. The van der Waals surface area contributed by atoms with Crippen LogP contribution in [0.5, 0.6) is 0 Å². The number of carboxylic acids is 3. The van der Waals surface area contributed by atoms with Crippen LogP contribution in [0.25, 0.3) is 0 Å². The molecule has 0 aliphatic carbocycles. The van der Waals surface area contributed by atoms with Crippen LogP contribution in [0.3, 0.4) is 0 Å². The predicted molar refractivity (Wildman–Crippen MR) is 279 cm³/mol. The Balaban J connectivity index is 2.11. The van der Waals surface area contributed by atoms with E-state index in [1.807, 2.05) is 0 Å². The molecule has 1 aromatic heterocycles. The second-order valence-corrected chi connectivity index (χ2v) is 20.4. The molecule has 0 aliphatic rings. The summed E-state index contributed by atoms with van der Waals surface area (Å²) in [4.78, 5) is 108. The van der Waals surface area contributed by atoms with Crippen molar-refractivity contribution in [2.45, 2.75) is 185 Å². The Kier molecular flexibility index (Phi) is 39.4. The van der Waals surface area contributed by atoms with Crippen molar-refractivity contribution < 1.29 is 76.4 Å². The first-order valence-corrected chi connectivity index (χ1v) is 28.6. The normalized spacial score (nSPS) is 12.4. The molecule has 1 aromatic rings. The van der Waals surface area contributed by atoms with Gasteiger partial charge in [-0.1, -0.05) is 85.2 Å². The zero-order chi connectivity index (χ0) is 56.2. The number of amides is 6. The maximum Gasteiger partial charge on any atom is 0.326 e. The lowest BCUT2D eigenvalue weighted by molar-refractivity contribution is -0.143. The SMILES string of the molecule is O=C(CCCS(=O)(=O)NC(=O)CCCCCCCCCCCCCCCc1nn[nH]n1)NCCCC(=O)NC(CCC(=O)NC(CCC(=O)NCCOCCOCC(=O)NCCCC[C@H](NP)C(=O)O)C(=O)O)C(=O)O. The van der Waals surface area contributed by atoms with Gasteiger partial charge in [0.25, 0.3) is 0 Å². The van der Waals surface area contributed by atoms with E-state index in [4.69, 9.17) is 14.6 Å². The number of nitrogens with one attached hydrogen (secondary N) is 8. The third-order valence-electron chi connectivity index (χ3n) is 11.7. The molecule has 11 N–H and O–H groups in total. The van der Waals surface area contributed by atoms with E-state index in [1.165, 1.54) is 44.9 Å². The number of nitrogens with zero attached hydrogens (tertiary/aromatic N) is 3. The van der Waals surface area contributed by atoms with Crippen molar-refractivity contribution >= 4 is 72.8 Å². The largest absolute Gasteiger partial charge is 0.480 e. The van der Waals surface area contributed by atoms with E-state index in [1.54, 1.807) is 0 Å². The van der Waals surface area contributed by atoms with Crippen molar-refractivity contribution in [2.24, 2.45) is 0 Å². The lowest BCUT2D eigenvalue weighted by Gasteiger charge is -2.17. The minimum atomic E-state index is -3.93. The minimum Gasteiger partial charge on any atom is -0.480 e. The molecule has 0 spiro atoms. The molecule has 3 unspecified atom stereocenters. The molecule has 0 saturated carbocycles. The number of tetrazole rings is 1. The van der Waals surface area contributed by atoms with Crippen LogP contribution < -0.4 is 36.4 Å². The van der Waals surface area contributed by atoms with Gasteiger partial charge in [0.05, 0.1) is 25.6 Å². The second kappa shape index (κ2) is 43.6. The van der Waals surface area contributed by atoms with Crippen LogP contribution in [0.4, 0.5) is 0 Å². The van der Waals surface area contributed by atoms with Gasteiger partial charge >= 0.3 is 17.9 Å². The summed E-state index contributed by atoms with van der Waals surface area (Å²) >= 11 is 0. The number of carbonyl (C=O) groups excluding carboxylic acids is 6. The Morgan fingerprint density at radius 3 is 1.57 bits per heavy atom. The van der Waals surface area contributed by atoms with Gasteiger partial charge in [-0.05, 0) is 57.8 Å². The van der Waals surface area contributed by atoms with Crippen LogP contribution in [-0.2, 0) is 69.1 Å². The van der Waals surface area contributed by atoms with Crippen molar-refractivity contribution in [3.05, 3.63) is 5.82 Å². The molecule has 434 valence electrons. The zero-order valence-corrected chi connectivity index (χ0v) is 45.7. The summed E-state index contributed by atoms with van der Waals surface area (Å²) < 4.78 is 37.4. The van der Waals surface area contributed by atoms with Gasteiger partial charge in [0.2, 0.25) is 45.5 Å². The molecule has 76 heavy (non-hydrogen) atoms. The fraction of sp³-hybridized carbons (Fsp3) is 0.787. The van der Waals surface area contributed by atoms with E-state index >= 15 is 0 Å². The van der Waals surface area contributed by atoms with E-state index in [9.17, 15) is 61.8 Å². The first-order valence-electron chi connectivity index (χ1n) is 26.4. The second-order valence-electron chi connectivity index (χ2n) is 18.2.